The number of hydrogen-bond acceptors (Lipinski definition) is 4. The van der Waals surface area contributed by atoms with Gasteiger partial charge in [0.2, 0.25) is 0 Å². The Kier molecular flexibility index (Phi) is 8.68. The standard InChI is InChI=1S/C30H28Cl3F2N3O2/c1-29(2,3)13-25-30(15-36,20-10-7-16(31)11-23(20)34)26(19-5-4-6-21(32)27(19)35)24(38-25)14-37-17-8-9-18(28(39)40)22(33)12-17/h4-12,24-26,37-38H,13-14H2,1-3H3,(H,39,40)/t24-,25?,26-,30-/m0/s1. The van der Waals surface area contributed by atoms with E-state index in [1.165, 1.54) is 30.3 Å². The molecule has 210 valence electrons. The maximum Gasteiger partial charge on any atom is 0.337 e. The highest BCUT2D eigenvalue weighted by atomic mass is 35.5. The minimum Gasteiger partial charge on any atom is -0.478 e. The van der Waals surface area contributed by atoms with Crippen LogP contribution in [0.5, 0.6) is 0 Å². The van der Waals surface area contributed by atoms with Crippen molar-refractivity contribution in [3.63, 3.8) is 0 Å². The lowest BCUT2D eigenvalue weighted by atomic mass is 9.62. The van der Waals surface area contributed by atoms with Gasteiger partial charge in [-0.1, -0.05) is 73.8 Å². The van der Waals surface area contributed by atoms with Gasteiger partial charge in [-0.15, -0.1) is 0 Å². The van der Waals surface area contributed by atoms with E-state index < -0.39 is 41.0 Å². The van der Waals surface area contributed by atoms with Crippen molar-refractivity contribution in [2.75, 3.05) is 11.9 Å². The first-order valence-corrected chi connectivity index (χ1v) is 13.8. The number of anilines is 1. The normalized spacial score (nSPS) is 22.6. The lowest BCUT2D eigenvalue weighted by Crippen LogP contribution is -2.44. The number of aromatic carboxylic acids is 1. The highest BCUT2D eigenvalue weighted by Gasteiger charge is 2.59. The molecule has 1 aliphatic heterocycles. The summed E-state index contributed by atoms with van der Waals surface area (Å²) < 4.78 is 31.4. The summed E-state index contributed by atoms with van der Waals surface area (Å²) in [6.07, 6.45) is 0.469. The van der Waals surface area contributed by atoms with Crippen molar-refractivity contribution in [3.8, 4) is 6.07 Å². The average Bonchev–Trinajstić information content (AvgIpc) is 3.16. The molecule has 1 fully saturated rings. The fourth-order valence-electron chi connectivity index (χ4n) is 5.67. The second kappa shape index (κ2) is 11.5. The van der Waals surface area contributed by atoms with Gasteiger partial charge in [-0.3, -0.25) is 0 Å². The summed E-state index contributed by atoms with van der Waals surface area (Å²) in [5.74, 6) is -3.37. The number of carboxylic acids is 1. The molecule has 1 heterocycles. The highest BCUT2D eigenvalue weighted by molar-refractivity contribution is 6.33. The predicted molar refractivity (Wildman–Crippen MR) is 155 cm³/mol. The van der Waals surface area contributed by atoms with E-state index in [4.69, 9.17) is 34.8 Å². The molecule has 3 aromatic carbocycles. The third kappa shape index (κ3) is 5.77. The third-order valence-electron chi connectivity index (χ3n) is 7.28. The zero-order valence-electron chi connectivity index (χ0n) is 22.0. The van der Waals surface area contributed by atoms with Crippen molar-refractivity contribution < 1.29 is 18.7 Å². The predicted octanol–water partition coefficient (Wildman–Crippen LogP) is 8.06. The third-order valence-corrected chi connectivity index (χ3v) is 8.12. The second-order valence-electron chi connectivity index (χ2n) is 11.2. The molecule has 3 aromatic rings. The van der Waals surface area contributed by atoms with Gasteiger partial charge in [0.15, 0.2) is 0 Å². The van der Waals surface area contributed by atoms with Crippen molar-refractivity contribution in [3.05, 3.63) is 98.0 Å². The zero-order chi connectivity index (χ0) is 29.4. The first kappa shape index (κ1) is 30.1. The van der Waals surface area contributed by atoms with E-state index in [0.29, 0.717) is 12.1 Å². The van der Waals surface area contributed by atoms with Crippen molar-refractivity contribution in [1.29, 1.82) is 5.26 Å². The Balaban J connectivity index is 1.88. The van der Waals surface area contributed by atoms with Gasteiger partial charge in [0, 0.05) is 40.8 Å². The van der Waals surface area contributed by atoms with Crippen molar-refractivity contribution in [1.82, 2.24) is 5.32 Å². The van der Waals surface area contributed by atoms with Gasteiger partial charge >= 0.3 is 5.97 Å². The monoisotopic (exact) mass is 605 g/mol. The Morgan fingerprint density at radius 3 is 2.42 bits per heavy atom. The molecular formula is C30H28Cl3F2N3O2. The molecule has 1 unspecified atom stereocenters. The number of carboxylic acid groups (broad SMARTS) is 1. The highest BCUT2D eigenvalue weighted by Crippen LogP contribution is 2.52. The van der Waals surface area contributed by atoms with Gasteiger partial charge in [0.25, 0.3) is 0 Å². The van der Waals surface area contributed by atoms with Crippen LogP contribution in [0.1, 0.15) is 54.6 Å². The van der Waals surface area contributed by atoms with E-state index >= 15 is 8.78 Å². The fraction of sp³-hybridized carbons (Fsp3) is 0.333. The van der Waals surface area contributed by atoms with Gasteiger partial charge < -0.3 is 15.7 Å². The number of benzene rings is 3. The van der Waals surface area contributed by atoms with Crippen molar-refractivity contribution in [2.45, 2.75) is 50.6 Å². The Hall–Kier alpha value is -2.89. The van der Waals surface area contributed by atoms with E-state index in [9.17, 15) is 15.2 Å². The summed E-state index contributed by atoms with van der Waals surface area (Å²) in [5, 5.41) is 27.1. The number of nitriles is 1. The van der Waals surface area contributed by atoms with Crippen LogP contribution in [0.25, 0.3) is 0 Å². The van der Waals surface area contributed by atoms with Gasteiger partial charge in [-0.2, -0.15) is 5.26 Å². The molecule has 0 saturated carbocycles. The Morgan fingerprint density at radius 2 is 1.82 bits per heavy atom. The van der Waals surface area contributed by atoms with Crippen molar-refractivity contribution in [2.24, 2.45) is 5.41 Å². The molecule has 5 nitrogen and oxygen atoms in total. The first-order chi connectivity index (χ1) is 18.8. The molecule has 0 spiro atoms. The second-order valence-corrected chi connectivity index (χ2v) is 12.4. The fourth-order valence-corrected chi connectivity index (χ4v) is 6.27. The Bertz CT molecular complexity index is 1490. The van der Waals surface area contributed by atoms with Crippen LogP contribution >= 0.6 is 34.8 Å². The van der Waals surface area contributed by atoms with E-state index in [0.717, 1.165) is 6.07 Å². The van der Waals surface area contributed by atoms with E-state index in [1.807, 2.05) is 20.8 Å². The molecule has 0 radical (unpaired) electrons. The van der Waals surface area contributed by atoms with Crippen LogP contribution in [-0.4, -0.2) is 29.7 Å². The zero-order valence-corrected chi connectivity index (χ0v) is 24.3. The molecule has 0 bridgehead atoms. The van der Waals surface area contributed by atoms with Crippen LogP contribution in [0.15, 0.2) is 54.6 Å². The van der Waals surface area contributed by atoms with Crippen LogP contribution in [-0.2, 0) is 5.41 Å². The smallest absolute Gasteiger partial charge is 0.337 e. The molecule has 10 heteroatoms. The topological polar surface area (TPSA) is 85.2 Å². The number of rotatable bonds is 7. The summed E-state index contributed by atoms with van der Waals surface area (Å²) in [4.78, 5) is 11.4. The number of nitrogens with zero attached hydrogens (tertiary/aromatic N) is 1. The molecule has 0 aliphatic carbocycles. The van der Waals surface area contributed by atoms with Crippen LogP contribution in [0, 0.1) is 28.4 Å². The van der Waals surface area contributed by atoms with Gasteiger partial charge in [0.1, 0.15) is 17.0 Å². The van der Waals surface area contributed by atoms with Crippen LogP contribution in [0.2, 0.25) is 15.1 Å². The SMILES string of the molecule is CC(C)(C)CC1N[C@@H](CNc2ccc(C(=O)O)c(Cl)c2)[C@H](c2cccc(Cl)c2F)[C@@]1(C#N)c1ccc(Cl)cc1F. The van der Waals surface area contributed by atoms with Gasteiger partial charge in [-0.05, 0) is 53.8 Å². The lowest BCUT2D eigenvalue weighted by Gasteiger charge is -2.37. The Morgan fingerprint density at radius 1 is 1.10 bits per heavy atom. The quantitative estimate of drug-likeness (QED) is 0.253. The summed E-state index contributed by atoms with van der Waals surface area (Å²) in [6.45, 7) is 6.23. The van der Waals surface area contributed by atoms with E-state index in [2.05, 4.69) is 16.7 Å². The molecule has 1 saturated heterocycles. The van der Waals surface area contributed by atoms with Crippen LogP contribution in [0.4, 0.5) is 14.5 Å². The molecule has 4 rings (SSSR count). The summed E-state index contributed by atoms with van der Waals surface area (Å²) in [6, 6.07) is 14.5. The number of carbonyl (C=O) groups is 1. The summed E-state index contributed by atoms with van der Waals surface area (Å²) >= 11 is 18.4. The molecule has 0 aromatic heterocycles. The molecule has 40 heavy (non-hydrogen) atoms. The summed E-state index contributed by atoms with van der Waals surface area (Å²) in [7, 11) is 0. The average molecular weight is 607 g/mol. The minimum atomic E-state index is -1.54. The number of hydrogen-bond donors (Lipinski definition) is 3. The summed E-state index contributed by atoms with van der Waals surface area (Å²) in [5.41, 5.74) is -1.04. The maximum absolute atomic E-state index is 15.7. The molecule has 1 aliphatic rings. The lowest BCUT2D eigenvalue weighted by molar-refractivity contribution is 0.0697. The van der Waals surface area contributed by atoms with Crippen LogP contribution < -0.4 is 10.6 Å². The number of halogens is 5. The maximum atomic E-state index is 15.7. The first-order valence-electron chi connectivity index (χ1n) is 12.6. The van der Waals surface area contributed by atoms with Crippen molar-refractivity contribution >= 4 is 46.5 Å². The van der Waals surface area contributed by atoms with Crippen LogP contribution in [0.3, 0.4) is 0 Å². The molecule has 3 N–H and O–H groups in total. The van der Waals surface area contributed by atoms with E-state index in [1.54, 1.807) is 18.2 Å². The van der Waals surface area contributed by atoms with Gasteiger partial charge in [0.05, 0.1) is 21.7 Å². The minimum absolute atomic E-state index is 0.0444. The molecule has 0 amide bonds. The van der Waals surface area contributed by atoms with Gasteiger partial charge in [-0.25, -0.2) is 13.6 Å². The largest absolute Gasteiger partial charge is 0.478 e. The Labute approximate surface area is 247 Å². The van der Waals surface area contributed by atoms with E-state index in [-0.39, 0.29) is 43.7 Å². The molecular weight excluding hydrogens is 579 g/mol. The number of nitrogens with one attached hydrogen (secondary N) is 2. The molecule has 4 atom stereocenters.